The van der Waals surface area contributed by atoms with E-state index in [-0.39, 0.29) is 35.0 Å². The summed E-state index contributed by atoms with van der Waals surface area (Å²) >= 11 is 0. The Labute approximate surface area is 163 Å². The van der Waals surface area contributed by atoms with Crippen molar-refractivity contribution in [3.63, 3.8) is 0 Å². The molecular formula is C20H32N2O4S. The summed E-state index contributed by atoms with van der Waals surface area (Å²) in [6, 6.07) is 8.25. The third-order valence-electron chi connectivity index (χ3n) is 5.23. The Balaban J connectivity index is 1.78. The van der Waals surface area contributed by atoms with Gasteiger partial charge >= 0.3 is 0 Å². The molecule has 1 amide bonds. The van der Waals surface area contributed by atoms with E-state index in [2.05, 4.69) is 11.8 Å². The zero-order valence-corrected chi connectivity index (χ0v) is 17.2. The molecule has 0 bridgehead atoms. The van der Waals surface area contributed by atoms with Crippen LogP contribution in [0.15, 0.2) is 35.2 Å². The van der Waals surface area contributed by atoms with E-state index in [9.17, 15) is 18.3 Å². The first-order chi connectivity index (χ1) is 12.8. The SMILES string of the molecule is CCCN(C)CC(O)C1CCN(C(=O)CCS(=O)(=O)c2ccccc2)CC1. The summed E-state index contributed by atoms with van der Waals surface area (Å²) < 4.78 is 24.6. The van der Waals surface area contributed by atoms with Crippen LogP contribution in [-0.2, 0) is 14.6 Å². The highest BCUT2D eigenvalue weighted by Gasteiger charge is 2.28. The van der Waals surface area contributed by atoms with Crippen molar-refractivity contribution in [3.05, 3.63) is 30.3 Å². The number of piperidine rings is 1. The van der Waals surface area contributed by atoms with Crippen LogP contribution in [0.2, 0.25) is 0 Å². The molecule has 1 saturated heterocycles. The lowest BCUT2D eigenvalue weighted by Gasteiger charge is -2.35. The second-order valence-electron chi connectivity index (χ2n) is 7.43. The number of likely N-dealkylation sites (tertiary alicyclic amines) is 1. The summed E-state index contributed by atoms with van der Waals surface area (Å²) in [4.78, 5) is 16.5. The minimum atomic E-state index is -3.43. The fourth-order valence-electron chi connectivity index (χ4n) is 3.60. The number of amides is 1. The molecule has 1 unspecified atom stereocenters. The minimum absolute atomic E-state index is 0.00366. The van der Waals surface area contributed by atoms with E-state index in [0.29, 0.717) is 19.6 Å². The molecule has 2 rings (SSSR count). The van der Waals surface area contributed by atoms with E-state index in [1.165, 1.54) is 0 Å². The van der Waals surface area contributed by atoms with E-state index in [4.69, 9.17) is 0 Å². The van der Waals surface area contributed by atoms with Crippen LogP contribution in [0.25, 0.3) is 0 Å². The lowest BCUT2D eigenvalue weighted by molar-refractivity contribution is -0.132. The third-order valence-corrected chi connectivity index (χ3v) is 6.96. The zero-order chi connectivity index (χ0) is 19.9. The second-order valence-corrected chi connectivity index (χ2v) is 9.54. The molecule has 0 aromatic heterocycles. The maximum absolute atomic E-state index is 12.4. The van der Waals surface area contributed by atoms with Crippen LogP contribution in [0.1, 0.15) is 32.6 Å². The molecule has 0 radical (unpaired) electrons. The molecule has 152 valence electrons. The number of likely N-dealkylation sites (N-methyl/N-ethyl adjacent to an activating group) is 1. The fraction of sp³-hybridized carbons (Fsp3) is 0.650. The quantitative estimate of drug-likeness (QED) is 0.689. The number of hydrogen-bond acceptors (Lipinski definition) is 5. The summed E-state index contributed by atoms with van der Waals surface area (Å²) in [5.74, 6) is -0.0906. The number of aliphatic hydroxyl groups is 1. The van der Waals surface area contributed by atoms with Crippen LogP contribution in [0.4, 0.5) is 0 Å². The van der Waals surface area contributed by atoms with Gasteiger partial charge in [0.1, 0.15) is 0 Å². The van der Waals surface area contributed by atoms with Gasteiger partial charge in [0, 0.05) is 26.1 Å². The van der Waals surface area contributed by atoms with Crippen molar-refractivity contribution >= 4 is 15.7 Å². The van der Waals surface area contributed by atoms with Gasteiger partial charge in [-0.05, 0) is 50.9 Å². The highest BCUT2D eigenvalue weighted by molar-refractivity contribution is 7.91. The Morgan fingerprint density at radius 3 is 2.48 bits per heavy atom. The molecule has 1 atom stereocenters. The van der Waals surface area contributed by atoms with Crippen LogP contribution in [0, 0.1) is 5.92 Å². The number of sulfone groups is 1. The van der Waals surface area contributed by atoms with E-state index in [1.807, 2.05) is 7.05 Å². The third kappa shape index (κ3) is 6.59. The van der Waals surface area contributed by atoms with Crippen molar-refractivity contribution in [1.29, 1.82) is 0 Å². The van der Waals surface area contributed by atoms with Gasteiger partial charge in [0.2, 0.25) is 5.91 Å². The van der Waals surface area contributed by atoms with Gasteiger partial charge in [-0.2, -0.15) is 0 Å². The average Bonchev–Trinajstić information content (AvgIpc) is 2.67. The van der Waals surface area contributed by atoms with Crippen molar-refractivity contribution in [2.24, 2.45) is 5.92 Å². The molecule has 1 aromatic rings. The fourth-order valence-corrected chi connectivity index (χ4v) is 4.85. The van der Waals surface area contributed by atoms with E-state index in [1.54, 1.807) is 35.2 Å². The standard InChI is InChI=1S/C20H32N2O4S/c1-3-12-21(2)16-19(23)17-9-13-22(14-10-17)20(24)11-15-27(25,26)18-7-5-4-6-8-18/h4-8,17,19,23H,3,9-16H2,1-2H3. The molecule has 0 spiro atoms. The van der Waals surface area contributed by atoms with Crippen molar-refractivity contribution in [3.8, 4) is 0 Å². The van der Waals surface area contributed by atoms with Gasteiger partial charge in [-0.1, -0.05) is 25.1 Å². The zero-order valence-electron chi connectivity index (χ0n) is 16.4. The van der Waals surface area contributed by atoms with Gasteiger partial charge in [0.05, 0.1) is 16.8 Å². The second kappa shape index (κ2) is 10.2. The Morgan fingerprint density at radius 1 is 1.26 bits per heavy atom. The van der Waals surface area contributed by atoms with Crippen molar-refractivity contribution in [2.45, 2.75) is 43.6 Å². The van der Waals surface area contributed by atoms with Gasteiger partial charge in [0.25, 0.3) is 0 Å². The maximum Gasteiger partial charge on any atom is 0.223 e. The van der Waals surface area contributed by atoms with Gasteiger partial charge in [-0.15, -0.1) is 0 Å². The molecule has 1 heterocycles. The Kier molecular flexibility index (Phi) is 8.26. The van der Waals surface area contributed by atoms with Gasteiger partial charge in [-0.3, -0.25) is 4.79 Å². The molecular weight excluding hydrogens is 364 g/mol. The molecule has 27 heavy (non-hydrogen) atoms. The molecule has 1 fully saturated rings. The first kappa shape index (κ1) is 21.9. The maximum atomic E-state index is 12.4. The number of rotatable bonds is 9. The smallest absolute Gasteiger partial charge is 0.223 e. The first-order valence-electron chi connectivity index (χ1n) is 9.75. The van der Waals surface area contributed by atoms with Gasteiger partial charge < -0.3 is 14.9 Å². The summed E-state index contributed by atoms with van der Waals surface area (Å²) in [5, 5.41) is 10.4. The van der Waals surface area contributed by atoms with E-state index in [0.717, 1.165) is 25.8 Å². The summed E-state index contributed by atoms with van der Waals surface area (Å²) in [6.45, 7) is 4.91. The molecule has 0 aliphatic carbocycles. The van der Waals surface area contributed by atoms with Crippen LogP contribution in [-0.4, -0.2) is 74.3 Å². The number of carbonyl (C=O) groups excluding carboxylic acids is 1. The molecule has 7 heteroatoms. The topological polar surface area (TPSA) is 77.9 Å². The highest BCUT2D eigenvalue weighted by atomic mass is 32.2. The van der Waals surface area contributed by atoms with Crippen molar-refractivity contribution in [1.82, 2.24) is 9.80 Å². The largest absolute Gasteiger partial charge is 0.392 e. The molecule has 1 aliphatic heterocycles. The molecule has 1 aliphatic rings. The number of hydrogen-bond donors (Lipinski definition) is 1. The van der Waals surface area contributed by atoms with Crippen molar-refractivity contribution < 1.29 is 18.3 Å². The number of nitrogens with zero attached hydrogens (tertiary/aromatic N) is 2. The van der Waals surface area contributed by atoms with Gasteiger partial charge in [-0.25, -0.2) is 8.42 Å². The predicted molar refractivity (Wildman–Crippen MR) is 106 cm³/mol. The van der Waals surface area contributed by atoms with Crippen LogP contribution >= 0.6 is 0 Å². The number of carbonyl (C=O) groups is 1. The predicted octanol–water partition coefficient (Wildman–Crippen LogP) is 1.79. The van der Waals surface area contributed by atoms with Crippen LogP contribution < -0.4 is 0 Å². The highest BCUT2D eigenvalue weighted by Crippen LogP contribution is 2.22. The molecule has 1 N–H and O–H groups in total. The van der Waals surface area contributed by atoms with E-state index >= 15 is 0 Å². The van der Waals surface area contributed by atoms with Crippen molar-refractivity contribution in [2.75, 3.05) is 39.0 Å². The van der Waals surface area contributed by atoms with Gasteiger partial charge in [0.15, 0.2) is 9.84 Å². The lowest BCUT2D eigenvalue weighted by atomic mass is 9.91. The number of aliphatic hydroxyl groups excluding tert-OH is 1. The Morgan fingerprint density at radius 2 is 1.89 bits per heavy atom. The normalized spacial score (nSPS) is 17.3. The number of benzene rings is 1. The monoisotopic (exact) mass is 396 g/mol. The average molecular weight is 397 g/mol. The first-order valence-corrected chi connectivity index (χ1v) is 11.4. The Hall–Kier alpha value is -1.44. The minimum Gasteiger partial charge on any atom is -0.392 e. The summed E-state index contributed by atoms with van der Waals surface area (Å²) in [6.07, 6.45) is 2.21. The van der Waals surface area contributed by atoms with Crippen LogP contribution in [0.5, 0.6) is 0 Å². The van der Waals surface area contributed by atoms with E-state index < -0.39 is 9.84 Å². The summed E-state index contributed by atoms with van der Waals surface area (Å²) in [5.41, 5.74) is 0. The lowest BCUT2D eigenvalue weighted by Crippen LogP contribution is -2.44. The molecule has 0 saturated carbocycles. The molecule has 6 nitrogen and oxygen atoms in total. The molecule has 1 aromatic carbocycles. The summed E-state index contributed by atoms with van der Waals surface area (Å²) in [7, 11) is -1.42. The Bertz CT molecular complexity index is 685. The van der Waals surface area contributed by atoms with Crippen LogP contribution in [0.3, 0.4) is 0 Å².